The number of likely N-dealkylation sites (tertiary alicyclic amines) is 1. The summed E-state index contributed by atoms with van der Waals surface area (Å²) in [7, 11) is 0. The number of halogens is 3. The number of alkyl halides is 3. The van der Waals surface area contributed by atoms with E-state index in [9.17, 15) is 18.0 Å². The van der Waals surface area contributed by atoms with Crippen molar-refractivity contribution >= 4 is 22.7 Å². The number of anilines is 1. The van der Waals surface area contributed by atoms with Gasteiger partial charge in [0.2, 0.25) is 12.7 Å². The number of ether oxygens (including phenoxy) is 2. The predicted octanol–water partition coefficient (Wildman–Crippen LogP) is 5.22. The highest BCUT2D eigenvalue weighted by Gasteiger charge is 2.50. The summed E-state index contributed by atoms with van der Waals surface area (Å²) in [6.07, 6.45) is 1.54. The van der Waals surface area contributed by atoms with Crippen molar-refractivity contribution in [3.05, 3.63) is 71.2 Å². The highest BCUT2D eigenvalue weighted by molar-refractivity contribution is 5.90. The predicted molar refractivity (Wildman–Crippen MR) is 141 cm³/mol. The number of hydrogen-bond donors (Lipinski definition) is 2. The number of nitrogens with zero attached hydrogens (tertiary/aromatic N) is 2. The fraction of sp³-hybridized carbons (Fsp3) is 0.448. The lowest BCUT2D eigenvalue weighted by Crippen LogP contribution is -2.68. The second kappa shape index (κ2) is 10.7. The smallest absolute Gasteiger partial charge is 0.416 e. The third kappa shape index (κ3) is 5.22. The highest BCUT2D eigenvalue weighted by atomic mass is 19.4. The van der Waals surface area contributed by atoms with Crippen molar-refractivity contribution in [2.24, 2.45) is 0 Å². The molecular formula is C29H31F3N4O4. The fourth-order valence-electron chi connectivity index (χ4n) is 6.04. The van der Waals surface area contributed by atoms with Gasteiger partial charge in [-0.3, -0.25) is 9.69 Å². The van der Waals surface area contributed by atoms with E-state index in [4.69, 9.17) is 14.0 Å². The zero-order valence-corrected chi connectivity index (χ0v) is 21.9. The Hall–Kier alpha value is -3.73. The van der Waals surface area contributed by atoms with Crippen LogP contribution in [0.5, 0.6) is 0 Å². The molecule has 3 heterocycles. The normalized spacial score (nSPS) is 19.7. The lowest BCUT2D eigenvalue weighted by atomic mass is 9.76. The Kier molecular flexibility index (Phi) is 7.07. The van der Waals surface area contributed by atoms with E-state index in [1.165, 1.54) is 18.1 Å². The average molecular weight is 557 g/mol. The Balaban J connectivity index is 1.08. The molecule has 3 aliphatic rings. The molecule has 0 atom stereocenters. The van der Waals surface area contributed by atoms with Crippen LogP contribution in [0, 0.1) is 0 Å². The maximum absolute atomic E-state index is 13.1. The summed E-state index contributed by atoms with van der Waals surface area (Å²) in [6, 6.07) is 13.3. The quantitative estimate of drug-likeness (QED) is 0.393. The third-order valence-electron chi connectivity index (χ3n) is 8.07. The van der Waals surface area contributed by atoms with E-state index in [0.29, 0.717) is 19.5 Å². The van der Waals surface area contributed by atoms with Gasteiger partial charge in [-0.05, 0) is 36.6 Å². The average Bonchev–Trinajstić information content (AvgIpc) is 3.56. The first kappa shape index (κ1) is 26.5. The molecule has 8 nitrogen and oxygen atoms in total. The van der Waals surface area contributed by atoms with Gasteiger partial charge in [0.05, 0.1) is 29.1 Å². The molecule has 6 rings (SSSR count). The van der Waals surface area contributed by atoms with Crippen LogP contribution in [0.4, 0.5) is 19.0 Å². The molecule has 1 aliphatic carbocycles. The van der Waals surface area contributed by atoms with E-state index in [-0.39, 0.29) is 47.6 Å². The number of nitrogens with one attached hydrogen (secondary N) is 2. The van der Waals surface area contributed by atoms with Gasteiger partial charge in [-0.25, -0.2) is 0 Å². The third-order valence-corrected chi connectivity index (χ3v) is 8.07. The molecule has 1 saturated carbocycles. The minimum atomic E-state index is -4.49. The molecular weight excluding hydrogens is 525 g/mol. The Labute approximate surface area is 229 Å². The number of benzene rings is 2. The molecule has 0 spiro atoms. The SMILES string of the molecule is O=C(CNc1noc2ccc(C(F)(F)F)cc12)NC1CN(C2(C3=C(Cc4ccccc4)OCO3)CCCCC2)C1. The molecule has 212 valence electrons. The fourth-order valence-corrected chi connectivity index (χ4v) is 6.04. The molecule has 0 radical (unpaired) electrons. The van der Waals surface area contributed by atoms with Crippen molar-refractivity contribution in [3.63, 3.8) is 0 Å². The van der Waals surface area contributed by atoms with Gasteiger partial charge in [0.15, 0.2) is 17.2 Å². The molecule has 2 N–H and O–H groups in total. The lowest BCUT2D eigenvalue weighted by molar-refractivity contribution is -0.137. The summed E-state index contributed by atoms with van der Waals surface area (Å²) in [5.41, 5.74) is 0.332. The number of amides is 1. The summed E-state index contributed by atoms with van der Waals surface area (Å²) >= 11 is 0. The van der Waals surface area contributed by atoms with E-state index >= 15 is 0 Å². The summed E-state index contributed by atoms with van der Waals surface area (Å²) < 4.78 is 56.5. The zero-order valence-electron chi connectivity index (χ0n) is 21.9. The number of hydrogen-bond acceptors (Lipinski definition) is 7. The van der Waals surface area contributed by atoms with Gasteiger partial charge in [-0.15, -0.1) is 0 Å². The van der Waals surface area contributed by atoms with Gasteiger partial charge in [-0.1, -0.05) is 54.8 Å². The van der Waals surface area contributed by atoms with E-state index in [1.54, 1.807) is 0 Å². The number of allylic oxidation sites excluding steroid dienone is 1. The van der Waals surface area contributed by atoms with Crippen LogP contribution in [-0.4, -0.2) is 54.0 Å². The maximum atomic E-state index is 13.1. The minimum absolute atomic E-state index is 0.0421. The lowest BCUT2D eigenvalue weighted by Gasteiger charge is -2.53. The number of carbonyl (C=O) groups is 1. The standard InChI is InChI=1S/C29H31F3N4O4/c30-29(31,32)20-9-10-23-22(14-20)27(35-40-23)33-15-25(37)34-21-16-36(17-21)28(11-5-2-6-12-28)26-24(38-18-39-26)13-19-7-3-1-4-8-19/h1,3-4,7-10,14,21H,2,5-6,11-13,15-18H2,(H,33,35)(H,34,37). The first-order valence-corrected chi connectivity index (χ1v) is 13.6. The van der Waals surface area contributed by atoms with Gasteiger partial charge < -0.3 is 24.6 Å². The summed E-state index contributed by atoms with van der Waals surface area (Å²) in [5.74, 6) is 1.65. The van der Waals surface area contributed by atoms with Gasteiger partial charge in [0, 0.05) is 19.5 Å². The van der Waals surface area contributed by atoms with Crippen LogP contribution < -0.4 is 10.6 Å². The Morgan fingerprint density at radius 3 is 2.58 bits per heavy atom. The molecule has 11 heteroatoms. The number of fused-ring (bicyclic) bond motifs is 1. The maximum Gasteiger partial charge on any atom is 0.416 e. The topological polar surface area (TPSA) is 88.9 Å². The molecule has 40 heavy (non-hydrogen) atoms. The number of aromatic nitrogens is 1. The monoisotopic (exact) mass is 556 g/mol. The van der Waals surface area contributed by atoms with Gasteiger partial charge >= 0.3 is 6.18 Å². The van der Waals surface area contributed by atoms with Crippen molar-refractivity contribution in [3.8, 4) is 0 Å². The Morgan fingerprint density at radius 1 is 1.05 bits per heavy atom. The molecule has 1 amide bonds. The number of carbonyl (C=O) groups excluding carboxylic acids is 1. The zero-order chi connectivity index (χ0) is 27.7. The first-order chi connectivity index (χ1) is 19.3. The second-order valence-corrected chi connectivity index (χ2v) is 10.7. The Bertz CT molecular complexity index is 1390. The van der Waals surface area contributed by atoms with Crippen LogP contribution in [0.1, 0.15) is 43.2 Å². The van der Waals surface area contributed by atoms with Gasteiger partial charge in [-0.2, -0.15) is 13.2 Å². The molecule has 2 aromatic carbocycles. The van der Waals surface area contributed by atoms with Gasteiger partial charge in [0.25, 0.3) is 0 Å². The van der Waals surface area contributed by atoms with Crippen LogP contribution in [-0.2, 0) is 26.9 Å². The van der Waals surface area contributed by atoms with Crippen LogP contribution in [0.3, 0.4) is 0 Å². The van der Waals surface area contributed by atoms with E-state index in [1.807, 2.05) is 18.2 Å². The van der Waals surface area contributed by atoms with Crippen LogP contribution >= 0.6 is 0 Å². The van der Waals surface area contributed by atoms with Crippen LogP contribution in [0.2, 0.25) is 0 Å². The van der Waals surface area contributed by atoms with Crippen molar-refractivity contribution in [1.29, 1.82) is 0 Å². The van der Waals surface area contributed by atoms with Crippen molar-refractivity contribution in [1.82, 2.24) is 15.4 Å². The van der Waals surface area contributed by atoms with Crippen molar-refractivity contribution < 1.29 is 32.0 Å². The summed E-state index contributed by atoms with van der Waals surface area (Å²) in [4.78, 5) is 15.1. The van der Waals surface area contributed by atoms with Crippen molar-refractivity contribution in [2.75, 3.05) is 31.7 Å². The van der Waals surface area contributed by atoms with Crippen LogP contribution in [0.25, 0.3) is 11.0 Å². The molecule has 3 aromatic rings. The first-order valence-electron chi connectivity index (χ1n) is 13.6. The molecule has 1 aromatic heterocycles. The van der Waals surface area contributed by atoms with E-state index < -0.39 is 11.7 Å². The molecule has 1 saturated heterocycles. The molecule has 0 unspecified atom stereocenters. The van der Waals surface area contributed by atoms with Crippen molar-refractivity contribution in [2.45, 2.75) is 56.3 Å². The molecule has 2 fully saturated rings. The van der Waals surface area contributed by atoms with E-state index in [2.05, 4.69) is 32.8 Å². The van der Waals surface area contributed by atoms with Gasteiger partial charge in [0.1, 0.15) is 5.76 Å². The molecule has 2 aliphatic heterocycles. The minimum Gasteiger partial charge on any atom is -0.458 e. The van der Waals surface area contributed by atoms with E-state index in [0.717, 1.165) is 49.3 Å². The summed E-state index contributed by atoms with van der Waals surface area (Å²) in [5, 5.41) is 9.81. The summed E-state index contributed by atoms with van der Waals surface area (Å²) in [6.45, 7) is 1.45. The second-order valence-electron chi connectivity index (χ2n) is 10.7. The highest BCUT2D eigenvalue weighted by Crippen LogP contribution is 2.45. The Morgan fingerprint density at radius 2 is 1.82 bits per heavy atom. The number of rotatable bonds is 8. The largest absolute Gasteiger partial charge is 0.458 e. The molecule has 0 bridgehead atoms. The van der Waals surface area contributed by atoms with Crippen LogP contribution in [0.15, 0.2) is 64.6 Å².